The van der Waals surface area contributed by atoms with Crippen LogP contribution in [-0.2, 0) is 14.3 Å². The van der Waals surface area contributed by atoms with Gasteiger partial charge in [-0.1, -0.05) is 29.9 Å². The van der Waals surface area contributed by atoms with Crippen molar-refractivity contribution in [3.05, 3.63) is 35.5 Å². The van der Waals surface area contributed by atoms with Crippen LogP contribution in [0.15, 0.2) is 35.5 Å². The highest BCUT2D eigenvalue weighted by Gasteiger charge is 2.47. The Morgan fingerprint density at radius 1 is 1.39 bits per heavy atom. The molecule has 0 spiro atoms. The maximum Gasteiger partial charge on any atom is 0.313 e. The first-order valence-corrected chi connectivity index (χ1v) is 8.75. The van der Waals surface area contributed by atoms with Gasteiger partial charge >= 0.3 is 5.97 Å². The molecule has 3 heteroatoms. The highest BCUT2D eigenvalue weighted by Crippen LogP contribution is 2.41. The van der Waals surface area contributed by atoms with Crippen molar-refractivity contribution in [1.82, 2.24) is 0 Å². The van der Waals surface area contributed by atoms with Gasteiger partial charge in [-0.05, 0) is 58.4 Å². The molecule has 0 aromatic rings. The van der Waals surface area contributed by atoms with Gasteiger partial charge in [0, 0.05) is 5.92 Å². The molecule has 0 aromatic carbocycles. The molecule has 3 atom stereocenters. The number of ether oxygens (including phenoxy) is 2. The summed E-state index contributed by atoms with van der Waals surface area (Å²) in [5, 5.41) is 0. The summed E-state index contributed by atoms with van der Waals surface area (Å²) in [5.74, 6) is -0.00537. The summed E-state index contributed by atoms with van der Waals surface area (Å²) in [5.41, 5.74) is 3.71. The maximum atomic E-state index is 12.3. The SMILES string of the molecule is C=C1CC/C=C(\C)CC[C@@H]2/C(=C\C[C@H]3OC3(C)C)COC(=O)[C@@H]12. The molecule has 23 heavy (non-hydrogen) atoms. The third-order valence-corrected chi connectivity index (χ3v) is 5.52. The molecule has 0 saturated carbocycles. The quantitative estimate of drug-likeness (QED) is 0.432. The van der Waals surface area contributed by atoms with Gasteiger partial charge in [-0.3, -0.25) is 4.79 Å². The van der Waals surface area contributed by atoms with Gasteiger partial charge in [0.15, 0.2) is 0 Å². The fraction of sp³-hybridized carbons (Fsp3) is 0.650. The van der Waals surface area contributed by atoms with Crippen LogP contribution in [-0.4, -0.2) is 24.3 Å². The first kappa shape index (κ1) is 16.5. The van der Waals surface area contributed by atoms with Gasteiger partial charge < -0.3 is 9.47 Å². The molecule has 0 N–H and O–H groups in total. The van der Waals surface area contributed by atoms with Crippen LogP contribution >= 0.6 is 0 Å². The molecular weight excluding hydrogens is 288 g/mol. The standard InChI is InChI=1S/C20H28O3/c1-13-6-5-7-14(2)18-16(10-8-13)15(12-22-19(18)21)9-11-17-20(3,4)23-17/h6,9,16-18H,2,5,7-8,10-12H2,1,3-4H3/b13-6+,15-9-/t16-,17-,18+/m1/s1. The lowest BCUT2D eigenvalue weighted by molar-refractivity contribution is -0.151. The van der Waals surface area contributed by atoms with E-state index in [-0.39, 0.29) is 23.4 Å². The zero-order valence-electron chi connectivity index (χ0n) is 14.6. The zero-order chi connectivity index (χ0) is 16.6. The fourth-order valence-electron chi connectivity index (χ4n) is 3.81. The van der Waals surface area contributed by atoms with Crippen LogP contribution < -0.4 is 0 Å². The Labute approximate surface area is 139 Å². The Balaban J connectivity index is 1.80. The molecule has 0 amide bonds. The summed E-state index contributed by atoms with van der Waals surface area (Å²) in [7, 11) is 0. The molecule has 2 aliphatic heterocycles. The average molecular weight is 316 g/mol. The van der Waals surface area contributed by atoms with Crippen LogP contribution in [0.1, 0.15) is 52.9 Å². The molecule has 3 nitrogen and oxygen atoms in total. The van der Waals surface area contributed by atoms with Crippen molar-refractivity contribution >= 4 is 5.97 Å². The van der Waals surface area contributed by atoms with E-state index in [1.54, 1.807) is 0 Å². The number of epoxide rings is 1. The minimum atomic E-state index is -0.164. The molecule has 2 fully saturated rings. The topological polar surface area (TPSA) is 38.8 Å². The second-order valence-corrected chi connectivity index (χ2v) is 7.70. The Morgan fingerprint density at radius 3 is 2.83 bits per heavy atom. The van der Waals surface area contributed by atoms with E-state index in [1.807, 2.05) is 0 Å². The summed E-state index contributed by atoms with van der Waals surface area (Å²) in [6.45, 7) is 11.1. The molecule has 126 valence electrons. The van der Waals surface area contributed by atoms with E-state index in [0.717, 1.165) is 37.7 Å². The summed E-state index contributed by atoms with van der Waals surface area (Å²) >= 11 is 0. The third-order valence-electron chi connectivity index (χ3n) is 5.52. The molecular formula is C20H28O3. The molecule has 3 rings (SSSR count). The van der Waals surface area contributed by atoms with E-state index in [9.17, 15) is 4.79 Å². The van der Waals surface area contributed by atoms with Gasteiger partial charge in [-0.25, -0.2) is 0 Å². The minimum Gasteiger partial charge on any atom is -0.461 e. The lowest BCUT2D eigenvalue weighted by Gasteiger charge is -2.33. The van der Waals surface area contributed by atoms with E-state index in [4.69, 9.17) is 9.47 Å². The predicted octanol–water partition coefficient (Wildman–Crippen LogP) is 4.35. The largest absolute Gasteiger partial charge is 0.461 e. The number of hydrogen-bond donors (Lipinski definition) is 0. The van der Waals surface area contributed by atoms with Crippen LogP contribution in [0.3, 0.4) is 0 Å². The van der Waals surface area contributed by atoms with Gasteiger partial charge in [-0.15, -0.1) is 0 Å². The number of carbonyl (C=O) groups excluding carboxylic acids is 1. The summed E-state index contributed by atoms with van der Waals surface area (Å²) in [4.78, 5) is 12.3. The monoisotopic (exact) mass is 316 g/mol. The number of rotatable bonds is 2. The molecule has 1 aliphatic carbocycles. The number of cyclic esters (lactones) is 1. The van der Waals surface area contributed by atoms with Crippen molar-refractivity contribution in [1.29, 1.82) is 0 Å². The Hall–Kier alpha value is -1.35. The maximum absolute atomic E-state index is 12.3. The number of fused-ring (bicyclic) bond motifs is 1. The van der Waals surface area contributed by atoms with Crippen molar-refractivity contribution in [2.45, 2.75) is 64.6 Å². The number of carbonyl (C=O) groups is 1. The molecule has 0 bridgehead atoms. The lowest BCUT2D eigenvalue weighted by Crippen LogP contribution is -2.35. The normalized spacial score (nSPS) is 37.8. The number of allylic oxidation sites excluding steroid dienone is 2. The summed E-state index contributed by atoms with van der Waals surface area (Å²) in [6.07, 6.45) is 9.65. The van der Waals surface area contributed by atoms with Crippen molar-refractivity contribution in [3.63, 3.8) is 0 Å². The van der Waals surface area contributed by atoms with Gasteiger partial charge in [0.25, 0.3) is 0 Å². The second kappa shape index (κ2) is 6.27. The van der Waals surface area contributed by atoms with E-state index < -0.39 is 0 Å². The molecule has 3 aliphatic rings. The van der Waals surface area contributed by atoms with E-state index in [2.05, 4.69) is 39.5 Å². The van der Waals surface area contributed by atoms with Crippen molar-refractivity contribution in [2.24, 2.45) is 11.8 Å². The van der Waals surface area contributed by atoms with Crippen molar-refractivity contribution < 1.29 is 14.3 Å². The predicted molar refractivity (Wildman–Crippen MR) is 91.0 cm³/mol. The lowest BCUT2D eigenvalue weighted by atomic mass is 9.76. The fourth-order valence-corrected chi connectivity index (χ4v) is 3.81. The van der Waals surface area contributed by atoms with Crippen LogP contribution in [0.4, 0.5) is 0 Å². The van der Waals surface area contributed by atoms with Crippen LogP contribution in [0.5, 0.6) is 0 Å². The molecule has 0 unspecified atom stereocenters. The summed E-state index contributed by atoms with van der Waals surface area (Å²) in [6, 6.07) is 0. The minimum absolute atomic E-state index is 0.00312. The zero-order valence-corrected chi connectivity index (χ0v) is 14.6. The van der Waals surface area contributed by atoms with Gasteiger partial charge in [0.1, 0.15) is 6.61 Å². The molecule has 2 heterocycles. The molecule has 0 aromatic heterocycles. The Kier molecular flexibility index (Phi) is 4.50. The smallest absolute Gasteiger partial charge is 0.313 e. The van der Waals surface area contributed by atoms with Crippen LogP contribution in [0.2, 0.25) is 0 Å². The van der Waals surface area contributed by atoms with Gasteiger partial charge in [0.05, 0.1) is 17.6 Å². The van der Waals surface area contributed by atoms with E-state index in [1.165, 1.54) is 11.1 Å². The number of hydrogen-bond acceptors (Lipinski definition) is 3. The second-order valence-electron chi connectivity index (χ2n) is 7.70. The first-order chi connectivity index (χ1) is 10.9. The Morgan fingerprint density at radius 2 is 2.13 bits per heavy atom. The average Bonchev–Trinajstić information content (AvgIpc) is 3.08. The van der Waals surface area contributed by atoms with Crippen LogP contribution in [0.25, 0.3) is 0 Å². The van der Waals surface area contributed by atoms with E-state index >= 15 is 0 Å². The Bertz CT molecular complexity index is 567. The van der Waals surface area contributed by atoms with Gasteiger partial charge in [0.2, 0.25) is 0 Å². The van der Waals surface area contributed by atoms with Crippen LogP contribution in [0, 0.1) is 11.8 Å². The van der Waals surface area contributed by atoms with Crippen molar-refractivity contribution in [2.75, 3.05) is 6.61 Å². The highest BCUT2D eigenvalue weighted by atomic mass is 16.6. The number of esters is 1. The van der Waals surface area contributed by atoms with E-state index in [0.29, 0.717) is 12.7 Å². The molecule has 2 saturated heterocycles. The first-order valence-electron chi connectivity index (χ1n) is 8.75. The third kappa shape index (κ3) is 3.60. The summed E-state index contributed by atoms with van der Waals surface area (Å²) < 4.78 is 11.1. The van der Waals surface area contributed by atoms with Gasteiger partial charge in [-0.2, -0.15) is 0 Å². The van der Waals surface area contributed by atoms with Crippen molar-refractivity contribution in [3.8, 4) is 0 Å². The highest BCUT2D eigenvalue weighted by molar-refractivity contribution is 5.78. The molecule has 0 radical (unpaired) electrons.